The van der Waals surface area contributed by atoms with Gasteiger partial charge < -0.3 is 5.32 Å². The molecule has 0 fully saturated rings. The highest BCUT2D eigenvalue weighted by molar-refractivity contribution is 5.79. The molecule has 23 heavy (non-hydrogen) atoms. The molecular weight excluding hydrogens is 291 g/mol. The van der Waals surface area contributed by atoms with E-state index in [1.807, 2.05) is 30.3 Å². The van der Waals surface area contributed by atoms with Gasteiger partial charge in [0, 0.05) is 0 Å². The molecule has 0 aromatic heterocycles. The monoisotopic (exact) mass is 310 g/mol. The average Bonchev–Trinajstić information content (AvgIpc) is 2.54. The van der Waals surface area contributed by atoms with Gasteiger partial charge in [-0.15, -0.1) is 0 Å². The van der Waals surface area contributed by atoms with Gasteiger partial charge in [-0.3, -0.25) is 4.79 Å². The highest BCUT2D eigenvalue weighted by Gasteiger charge is 2.25. The van der Waals surface area contributed by atoms with Gasteiger partial charge in [0.1, 0.15) is 11.4 Å². The second-order valence-corrected chi connectivity index (χ2v) is 5.78. The Morgan fingerprint density at radius 3 is 2.52 bits per heavy atom. The average molecular weight is 310 g/mol. The molecule has 0 aliphatic rings. The molecule has 0 saturated heterocycles. The molecule has 0 heterocycles. The zero-order chi connectivity index (χ0) is 16.7. The minimum Gasteiger partial charge on any atom is -0.338 e. The summed E-state index contributed by atoms with van der Waals surface area (Å²) >= 11 is 0. The van der Waals surface area contributed by atoms with Gasteiger partial charge in [0.25, 0.3) is 0 Å². The van der Waals surface area contributed by atoms with Crippen molar-refractivity contribution in [2.75, 3.05) is 0 Å². The van der Waals surface area contributed by atoms with E-state index in [0.717, 1.165) is 5.56 Å². The van der Waals surface area contributed by atoms with E-state index in [2.05, 4.69) is 11.4 Å². The number of hydrogen-bond acceptors (Lipinski definition) is 2. The molecule has 0 aliphatic carbocycles. The predicted octanol–water partition coefficient (Wildman–Crippen LogP) is 3.40. The number of nitriles is 1. The van der Waals surface area contributed by atoms with E-state index >= 15 is 0 Å². The molecule has 118 valence electrons. The molecule has 2 aromatic carbocycles. The van der Waals surface area contributed by atoms with Crippen LogP contribution in [0.3, 0.4) is 0 Å². The molecule has 0 radical (unpaired) electrons. The van der Waals surface area contributed by atoms with E-state index in [1.165, 1.54) is 12.1 Å². The fraction of sp³-hybridized carbons (Fsp3) is 0.263. The van der Waals surface area contributed by atoms with Crippen molar-refractivity contribution < 1.29 is 9.18 Å². The topological polar surface area (TPSA) is 52.9 Å². The molecule has 2 aromatic rings. The van der Waals surface area contributed by atoms with Crippen molar-refractivity contribution in [2.24, 2.45) is 0 Å². The summed E-state index contributed by atoms with van der Waals surface area (Å²) in [5, 5.41) is 12.2. The third kappa shape index (κ3) is 5.23. The fourth-order valence-electron chi connectivity index (χ4n) is 2.37. The van der Waals surface area contributed by atoms with Crippen LogP contribution in [0.1, 0.15) is 24.5 Å². The van der Waals surface area contributed by atoms with Gasteiger partial charge in [0.2, 0.25) is 5.91 Å². The smallest absolute Gasteiger partial charge is 0.225 e. The molecule has 1 N–H and O–H groups in total. The maximum Gasteiger partial charge on any atom is 0.225 e. The van der Waals surface area contributed by atoms with E-state index in [-0.39, 0.29) is 18.1 Å². The first-order chi connectivity index (χ1) is 11.0. The Kier molecular flexibility index (Phi) is 5.48. The molecule has 0 unspecified atom stereocenters. The number of carbonyl (C=O) groups excluding carboxylic acids is 1. The maximum absolute atomic E-state index is 13.1. The Hall–Kier alpha value is -2.67. The summed E-state index contributed by atoms with van der Waals surface area (Å²) in [7, 11) is 0. The number of halogens is 1. The third-order valence-corrected chi connectivity index (χ3v) is 3.67. The lowest BCUT2D eigenvalue weighted by molar-refractivity contribution is -0.121. The highest BCUT2D eigenvalue weighted by atomic mass is 19.1. The van der Waals surface area contributed by atoms with Crippen LogP contribution in [0.4, 0.5) is 4.39 Å². The summed E-state index contributed by atoms with van der Waals surface area (Å²) in [6, 6.07) is 17.9. The van der Waals surface area contributed by atoms with Crippen molar-refractivity contribution in [3.63, 3.8) is 0 Å². The Morgan fingerprint density at radius 2 is 1.87 bits per heavy atom. The van der Waals surface area contributed by atoms with Crippen LogP contribution in [-0.4, -0.2) is 11.4 Å². The molecule has 0 bridgehead atoms. The van der Waals surface area contributed by atoms with E-state index in [4.69, 9.17) is 0 Å². The van der Waals surface area contributed by atoms with Gasteiger partial charge >= 0.3 is 0 Å². The largest absolute Gasteiger partial charge is 0.338 e. The SMILES string of the molecule is C[C@](C#N)(CCc1ccccc1)NC(=O)Cc1cccc(F)c1. The lowest BCUT2D eigenvalue weighted by atomic mass is 9.94. The molecule has 2 rings (SSSR count). The number of nitrogens with zero attached hydrogens (tertiary/aromatic N) is 1. The lowest BCUT2D eigenvalue weighted by Crippen LogP contribution is -2.45. The first kappa shape index (κ1) is 16.7. The molecule has 0 aliphatic heterocycles. The quantitative estimate of drug-likeness (QED) is 0.889. The summed E-state index contributed by atoms with van der Waals surface area (Å²) in [5.41, 5.74) is 0.763. The van der Waals surface area contributed by atoms with Gasteiger partial charge in [-0.2, -0.15) is 5.26 Å². The predicted molar refractivity (Wildman–Crippen MR) is 87.0 cm³/mol. The number of amides is 1. The van der Waals surface area contributed by atoms with E-state index < -0.39 is 5.54 Å². The Bertz CT molecular complexity index is 709. The normalized spacial score (nSPS) is 12.9. The molecule has 3 nitrogen and oxygen atoms in total. The summed E-state index contributed by atoms with van der Waals surface area (Å²) in [4.78, 5) is 12.1. The Balaban J connectivity index is 1.94. The summed E-state index contributed by atoms with van der Waals surface area (Å²) in [6.45, 7) is 1.71. The summed E-state index contributed by atoms with van der Waals surface area (Å²) in [5.74, 6) is -0.657. The van der Waals surface area contributed by atoms with Crippen LogP contribution in [-0.2, 0) is 17.6 Å². The molecule has 1 atom stereocenters. The van der Waals surface area contributed by atoms with E-state index in [9.17, 15) is 14.4 Å². The number of nitrogens with one attached hydrogen (secondary N) is 1. The summed E-state index contributed by atoms with van der Waals surface area (Å²) < 4.78 is 13.1. The first-order valence-electron chi connectivity index (χ1n) is 7.51. The van der Waals surface area contributed by atoms with Crippen LogP contribution in [0.25, 0.3) is 0 Å². The second kappa shape index (κ2) is 7.55. The van der Waals surface area contributed by atoms with Crippen molar-refractivity contribution in [3.05, 3.63) is 71.5 Å². The van der Waals surface area contributed by atoms with Crippen molar-refractivity contribution in [2.45, 2.75) is 31.7 Å². The van der Waals surface area contributed by atoms with Crippen molar-refractivity contribution in [1.29, 1.82) is 5.26 Å². The molecular formula is C19H19FN2O. The number of rotatable bonds is 6. The zero-order valence-electron chi connectivity index (χ0n) is 13.1. The van der Waals surface area contributed by atoms with Gasteiger partial charge in [-0.05, 0) is 43.0 Å². The Morgan fingerprint density at radius 1 is 1.17 bits per heavy atom. The van der Waals surface area contributed by atoms with Crippen LogP contribution in [0.15, 0.2) is 54.6 Å². The van der Waals surface area contributed by atoms with Gasteiger partial charge in [0.15, 0.2) is 0 Å². The second-order valence-electron chi connectivity index (χ2n) is 5.78. The van der Waals surface area contributed by atoms with Crippen LogP contribution in [0.2, 0.25) is 0 Å². The summed E-state index contributed by atoms with van der Waals surface area (Å²) in [6.07, 6.45) is 1.27. The first-order valence-corrected chi connectivity index (χ1v) is 7.51. The fourth-order valence-corrected chi connectivity index (χ4v) is 2.37. The highest BCUT2D eigenvalue weighted by Crippen LogP contribution is 2.14. The van der Waals surface area contributed by atoms with E-state index in [1.54, 1.807) is 19.1 Å². The lowest BCUT2D eigenvalue weighted by Gasteiger charge is -2.23. The van der Waals surface area contributed by atoms with Gasteiger partial charge in [-0.1, -0.05) is 42.5 Å². The van der Waals surface area contributed by atoms with Gasteiger partial charge in [-0.25, -0.2) is 4.39 Å². The minimum atomic E-state index is -0.944. The zero-order valence-corrected chi connectivity index (χ0v) is 13.1. The maximum atomic E-state index is 13.1. The number of hydrogen-bond donors (Lipinski definition) is 1. The minimum absolute atomic E-state index is 0.0559. The van der Waals surface area contributed by atoms with Crippen LogP contribution in [0.5, 0.6) is 0 Å². The van der Waals surface area contributed by atoms with Crippen molar-refractivity contribution in [1.82, 2.24) is 5.32 Å². The van der Waals surface area contributed by atoms with E-state index in [0.29, 0.717) is 18.4 Å². The van der Waals surface area contributed by atoms with Gasteiger partial charge in [0.05, 0.1) is 12.5 Å². The third-order valence-electron chi connectivity index (χ3n) is 3.67. The molecule has 1 amide bonds. The molecule has 4 heteroatoms. The van der Waals surface area contributed by atoms with Crippen LogP contribution >= 0.6 is 0 Å². The molecule has 0 spiro atoms. The van der Waals surface area contributed by atoms with Crippen LogP contribution in [0, 0.1) is 17.1 Å². The van der Waals surface area contributed by atoms with Crippen molar-refractivity contribution >= 4 is 5.91 Å². The Labute approximate surface area is 135 Å². The van der Waals surface area contributed by atoms with Crippen molar-refractivity contribution in [3.8, 4) is 6.07 Å². The standard InChI is InChI=1S/C19H19FN2O/c1-19(14-21,11-10-15-6-3-2-4-7-15)22-18(23)13-16-8-5-9-17(20)12-16/h2-9,12H,10-11,13H2,1H3,(H,22,23)/t19-/m1/s1. The number of aryl methyl sites for hydroxylation is 1. The number of benzene rings is 2. The number of carbonyl (C=O) groups is 1. The van der Waals surface area contributed by atoms with Crippen LogP contribution < -0.4 is 5.32 Å². The molecule has 0 saturated carbocycles.